The molecule has 33 heavy (non-hydrogen) atoms. The Hall–Kier alpha value is -3.46. The molecule has 0 unspecified atom stereocenters. The summed E-state index contributed by atoms with van der Waals surface area (Å²) in [5, 5.41) is 12.0. The van der Waals surface area contributed by atoms with Gasteiger partial charge in [0.15, 0.2) is 9.84 Å². The average Bonchev–Trinajstić information content (AvgIpc) is 3.06. The second-order valence-electron chi connectivity index (χ2n) is 8.63. The van der Waals surface area contributed by atoms with E-state index in [2.05, 4.69) is 31.8 Å². The minimum atomic E-state index is -3.24. The molecule has 0 amide bonds. The second-order valence-corrected chi connectivity index (χ2v) is 11.2. The highest BCUT2D eigenvalue weighted by atomic mass is 32.2. The maximum atomic E-state index is 12.1. The van der Waals surface area contributed by atoms with Gasteiger partial charge < -0.3 is 10.6 Å². The van der Waals surface area contributed by atoms with Crippen LogP contribution in [0.1, 0.15) is 25.1 Å². The molecular formula is C24H28N6O2S. The highest BCUT2D eigenvalue weighted by molar-refractivity contribution is 7.91. The van der Waals surface area contributed by atoms with Crippen LogP contribution in [-0.2, 0) is 21.6 Å². The van der Waals surface area contributed by atoms with E-state index in [4.69, 9.17) is 0 Å². The fourth-order valence-electron chi connectivity index (χ4n) is 3.64. The van der Waals surface area contributed by atoms with Crippen LogP contribution < -0.4 is 10.6 Å². The predicted molar refractivity (Wildman–Crippen MR) is 134 cm³/mol. The first kappa shape index (κ1) is 22.7. The first-order valence-corrected chi connectivity index (χ1v) is 12.5. The van der Waals surface area contributed by atoms with Gasteiger partial charge in [-0.25, -0.2) is 13.4 Å². The quantitative estimate of drug-likeness (QED) is 0.436. The molecule has 2 aromatic carbocycles. The van der Waals surface area contributed by atoms with E-state index in [1.807, 2.05) is 50.0 Å². The first-order chi connectivity index (χ1) is 15.5. The van der Waals surface area contributed by atoms with Crippen LogP contribution in [0.15, 0.2) is 48.7 Å². The van der Waals surface area contributed by atoms with Crippen LogP contribution in [0, 0.1) is 6.92 Å². The molecule has 0 fully saturated rings. The number of aromatic nitrogens is 4. The van der Waals surface area contributed by atoms with E-state index in [0.717, 1.165) is 39.0 Å². The van der Waals surface area contributed by atoms with Crippen molar-refractivity contribution in [3.8, 4) is 11.1 Å². The standard InChI is InChI=1S/C24H28N6O2S/c1-15-19-12-7-16(13-21(19)29-30(15)5)20-14-26-23(28-22(20)25-4)27-18-10-8-17(9-11-18)24(2,3)33(6,31)32/h7-14H,1-6H3,(H2,25,26,27,28). The Balaban J connectivity index is 1.61. The van der Waals surface area contributed by atoms with Gasteiger partial charge in [-0.05, 0) is 50.1 Å². The second kappa shape index (κ2) is 8.15. The molecule has 0 saturated carbocycles. The molecule has 2 N–H and O–H groups in total. The van der Waals surface area contributed by atoms with Crippen molar-refractivity contribution in [2.24, 2.45) is 7.05 Å². The molecule has 0 aliphatic heterocycles. The average molecular weight is 465 g/mol. The third-order valence-corrected chi connectivity index (χ3v) is 8.32. The number of hydrogen-bond donors (Lipinski definition) is 2. The zero-order valence-corrected chi connectivity index (χ0v) is 20.4. The van der Waals surface area contributed by atoms with Crippen LogP contribution in [0.5, 0.6) is 0 Å². The van der Waals surface area contributed by atoms with Crippen LogP contribution in [0.4, 0.5) is 17.5 Å². The van der Waals surface area contributed by atoms with Crippen LogP contribution in [0.3, 0.4) is 0 Å². The topological polar surface area (TPSA) is 102 Å². The van der Waals surface area contributed by atoms with E-state index in [1.165, 1.54) is 6.26 Å². The number of anilines is 3. The van der Waals surface area contributed by atoms with Crippen molar-refractivity contribution in [2.75, 3.05) is 23.9 Å². The van der Waals surface area contributed by atoms with E-state index in [9.17, 15) is 8.42 Å². The summed E-state index contributed by atoms with van der Waals surface area (Å²) >= 11 is 0. The van der Waals surface area contributed by atoms with E-state index in [1.54, 1.807) is 32.2 Å². The molecule has 0 saturated heterocycles. The zero-order valence-electron chi connectivity index (χ0n) is 19.6. The Kier molecular flexibility index (Phi) is 5.61. The van der Waals surface area contributed by atoms with E-state index in [0.29, 0.717) is 11.8 Å². The molecule has 9 heteroatoms. The van der Waals surface area contributed by atoms with Gasteiger partial charge in [0.05, 0.1) is 10.3 Å². The van der Waals surface area contributed by atoms with Gasteiger partial charge in [0.2, 0.25) is 5.95 Å². The molecule has 172 valence electrons. The Bertz CT molecular complexity index is 1440. The van der Waals surface area contributed by atoms with Crippen molar-refractivity contribution < 1.29 is 8.42 Å². The summed E-state index contributed by atoms with van der Waals surface area (Å²) in [5.41, 5.74) is 5.38. The molecular weight excluding hydrogens is 436 g/mol. The summed E-state index contributed by atoms with van der Waals surface area (Å²) in [4.78, 5) is 9.11. The third-order valence-electron chi connectivity index (χ3n) is 6.23. The number of rotatable bonds is 6. The van der Waals surface area contributed by atoms with Gasteiger partial charge >= 0.3 is 0 Å². The molecule has 4 rings (SSSR count). The molecule has 0 aliphatic rings. The van der Waals surface area contributed by atoms with Crippen molar-refractivity contribution in [1.29, 1.82) is 0 Å². The number of nitrogens with zero attached hydrogens (tertiary/aromatic N) is 4. The molecule has 4 aromatic rings. The largest absolute Gasteiger partial charge is 0.372 e. The number of hydrogen-bond acceptors (Lipinski definition) is 7. The monoisotopic (exact) mass is 464 g/mol. The van der Waals surface area contributed by atoms with Crippen LogP contribution in [-0.4, -0.2) is 41.5 Å². The van der Waals surface area contributed by atoms with Gasteiger partial charge in [0.1, 0.15) is 5.82 Å². The third kappa shape index (κ3) is 4.16. The lowest BCUT2D eigenvalue weighted by Gasteiger charge is -2.23. The van der Waals surface area contributed by atoms with Gasteiger partial charge in [-0.2, -0.15) is 10.1 Å². The predicted octanol–water partition coefficient (Wildman–Crippen LogP) is 4.40. The molecule has 0 atom stereocenters. The van der Waals surface area contributed by atoms with Crippen molar-refractivity contribution in [3.05, 3.63) is 59.9 Å². The number of fused-ring (bicyclic) bond motifs is 1. The van der Waals surface area contributed by atoms with E-state index in [-0.39, 0.29) is 0 Å². The number of aryl methyl sites for hydroxylation is 2. The summed E-state index contributed by atoms with van der Waals surface area (Å²) in [6, 6.07) is 13.4. The Morgan fingerprint density at radius 2 is 1.76 bits per heavy atom. The SMILES string of the molecule is CNc1nc(Nc2ccc(C(C)(C)S(C)(=O)=O)cc2)ncc1-c1ccc2c(C)n(C)nc2c1. The molecule has 2 heterocycles. The van der Waals surface area contributed by atoms with E-state index >= 15 is 0 Å². The minimum absolute atomic E-state index is 0.438. The molecule has 0 radical (unpaired) electrons. The molecule has 8 nitrogen and oxygen atoms in total. The van der Waals surface area contributed by atoms with Crippen molar-refractivity contribution in [1.82, 2.24) is 19.7 Å². The number of nitrogens with one attached hydrogen (secondary N) is 2. The number of sulfone groups is 1. The summed E-state index contributed by atoms with van der Waals surface area (Å²) < 4.78 is 25.1. The zero-order chi connectivity index (χ0) is 24.0. The van der Waals surface area contributed by atoms with E-state index < -0.39 is 14.6 Å². The number of benzene rings is 2. The summed E-state index contributed by atoms with van der Waals surface area (Å²) in [7, 11) is 0.516. The fraction of sp³-hybridized carbons (Fsp3) is 0.292. The van der Waals surface area contributed by atoms with Crippen molar-refractivity contribution in [3.63, 3.8) is 0 Å². The molecule has 2 aromatic heterocycles. The lowest BCUT2D eigenvalue weighted by atomic mass is 10.0. The van der Waals surface area contributed by atoms with Gasteiger partial charge in [0, 0.05) is 48.9 Å². The Morgan fingerprint density at radius 1 is 1.06 bits per heavy atom. The fourth-order valence-corrected chi connectivity index (χ4v) is 4.21. The Labute approximate surface area is 194 Å². The van der Waals surface area contributed by atoms with Crippen LogP contribution in [0.2, 0.25) is 0 Å². The van der Waals surface area contributed by atoms with Crippen molar-refractivity contribution in [2.45, 2.75) is 25.5 Å². The van der Waals surface area contributed by atoms with Gasteiger partial charge in [-0.1, -0.05) is 24.3 Å². The van der Waals surface area contributed by atoms with Crippen LogP contribution >= 0.6 is 0 Å². The van der Waals surface area contributed by atoms with Gasteiger partial charge in [-0.15, -0.1) is 0 Å². The lowest BCUT2D eigenvalue weighted by molar-refractivity contribution is 0.561. The minimum Gasteiger partial charge on any atom is -0.372 e. The summed E-state index contributed by atoms with van der Waals surface area (Å²) in [6.07, 6.45) is 3.03. The summed E-state index contributed by atoms with van der Waals surface area (Å²) in [5.74, 6) is 1.13. The maximum Gasteiger partial charge on any atom is 0.229 e. The maximum absolute atomic E-state index is 12.1. The smallest absolute Gasteiger partial charge is 0.229 e. The highest BCUT2D eigenvalue weighted by Gasteiger charge is 2.32. The molecule has 0 aliphatic carbocycles. The van der Waals surface area contributed by atoms with Gasteiger partial charge in [0.25, 0.3) is 0 Å². The lowest BCUT2D eigenvalue weighted by Crippen LogP contribution is -2.27. The highest BCUT2D eigenvalue weighted by Crippen LogP contribution is 2.32. The van der Waals surface area contributed by atoms with Crippen molar-refractivity contribution >= 4 is 38.2 Å². The normalized spacial score (nSPS) is 12.2. The summed E-state index contributed by atoms with van der Waals surface area (Å²) in [6.45, 7) is 5.46. The molecule has 0 bridgehead atoms. The first-order valence-electron chi connectivity index (χ1n) is 10.6. The van der Waals surface area contributed by atoms with Crippen LogP contribution in [0.25, 0.3) is 22.0 Å². The molecule has 0 spiro atoms. The Morgan fingerprint density at radius 3 is 2.39 bits per heavy atom. The van der Waals surface area contributed by atoms with Gasteiger partial charge in [-0.3, -0.25) is 4.68 Å².